The number of ether oxygens (including phenoxy) is 4. The molecule has 0 aliphatic carbocycles. The fourth-order valence-corrected chi connectivity index (χ4v) is 2.48. The minimum atomic E-state index is -1.82. The summed E-state index contributed by atoms with van der Waals surface area (Å²) in [5.74, 6) is -0.627. The Hall–Kier alpha value is -3.46. The van der Waals surface area contributed by atoms with Gasteiger partial charge in [0, 0.05) is 18.2 Å². The Morgan fingerprint density at radius 2 is 1.33 bits per heavy atom. The molecular formula is C21H27NO8. The van der Waals surface area contributed by atoms with Gasteiger partial charge >= 0.3 is 11.9 Å². The molecule has 2 aromatic carbocycles. The smallest absolute Gasteiger partial charge is 0.414 e. The van der Waals surface area contributed by atoms with E-state index in [1.54, 1.807) is 28.4 Å². The maximum Gasteiger partial charge on any atom is 0.414 e. The Kier molecular flexibility index (Phi) is 10.6. The number of rotatable bonds is 9. The van der Waals surface area contributed by atoms with Crippen LogP contribution in [0.2, 0.25) is 0 Å². The molecule has 0 heterocycles. The van der Waals surface area contributed by atoms with Crippen molar-refractivity contribution in [2.45, 2.75) is 13.0 Å². The van der Waals surface area contributed by atoms with Crippen molar-refractivity contribution in [3.63, 3.8) is 0 Å². The number of methoxy groups -OCH3 is 4. The van der Waals surface area contributed by atoms with E-state index in [2.05, 4.69) is 17.4 Å². The number of hydrogen-bond donors (Lipinski definition) is 3. The minimum absolute atomic E-state index is 0.663. The molecule has 30 heavy (non-hydrogen) atoms. The molecule has 0 fully saturated rings. The van der Waals surface area contributed by atoms with Crippen molar-refractivity contribution in [2.24, 2.45) is 0 Å². The Balaban J connectivity index is 0.000000656. The molecule has 0 spiro atoms. The first-order valence-corrected chi connectivity index (χ1v) is 8.95. The van der Waals surface area contributed by atoms with Crippen LogP contribution in [0.4, 0.5) is 0 Å². The number of carbonyl (C=O) groups is 2. The summed E-state index contributed by atoms with van der Waals surface area (Å²) in [7, 11) is 6.57. The van der Waals surface area contributed by atoms with Crippen LogP contribution in [0.15, 0.2) is 36.4 Å². The Morgan fingerprint density at radius 1 is 0.800 bits per heavy atom. The third-order valence-electron chi connectivity index (χ3n) is 4.03. The van der Waals surface area contributed by atoms with Crippen molar-refractivity contribution in [1.29, 1.82) is 0 Å². The van der Waals surface area contributed by atoms with Crippen molar-refractivity contribution < 1.29 is 38.7 Å². The highest BCUT2D eigenvalue weighted by molar-refractivity contribution is 6.27. The summed E-state index contributed by atoms with van der Waals surface area (Å²) in [6, 6.07) is 11.9. The van der Waals surface area contributed by atoms with Gasteiger partial charge in [-0.15, -0.1) is 0 Å². The van der Waals surface area contributed by atoms with E-state index >= 15 is 0 Å². The van der Waals surface area contributed by atoms with Crippen LogP contribution in [0.5, 0.6) is 23.0 Å². The van der Waals surface area contributed by atoms with Crippen molar-refractivity contribution >= 4 is 11.9 Å². The second-order valence-electron chi connectivity index (χ2n) is 5.90. The normalized spacial score (nSPS) is 9.73. The maximum absolute atomic E-state index is 9.10. The SMILES string of the molecule is COc1ccc(CCNCc2cc(OC)c(OC)cc2OC)cc1.O=C(O)C(=O)O. The monoisotopic (exact) mass is 421 g/mol. The third kappa shape index (κ3) is 7.88. The molecule has 2 aromatic rings. The number of benzene rings is 2. The predicted molar refractivity (Wildman–Crippen MR) is 110 cm³/mol. The lowest BCUT2D eigenvalue weighted by Crippen LogP contribution is -2.17. The van der Waals surface area contributed by atoms with E-state index in [-0.39, 0.29) is 0 Å². The van der Waals surface area contributed by atoms with Crippen LogP contribution in [0.1, 0.15) is 11.1 Å². The number of carboxylic acids is 2. The van der Waals surface area contributed by atoms with Gasteiger partial charge in [0.25, 0.3) is 0 Å². The highest BCUT2D eigenvalue weighted by Gasteiger charge is 2.11. The van der Waals surface area contributed by atoms with Crippen molar-refractivity contribution in [1.82, 2.24) is 5.32 Å². The molecule has 0 amide bonds. The molecule has 0 atom stereocenters. The zero-order valence-electron chi connectivity index (χ0n) is 17.4. The Morgan fingerprint density at radius 3 is 1.80 bits per heavy atom. The molecule has 3 N–H and O–H groups in total. The van der Waals surface area contributed by atoms with Gasteiger partial charge in [0.2, 0.25) is 0 Å². The lowest BCUT2D eigenvalue weighted by Gasteiger charge is -2.14. The zero-order chi connectivity index (χ0) is 22.5. The van der Waals surface area contributed by atoms with Crippen molar-refractivity contribution in [2.75, 3.05) is 35.0 Å². The molecule has 0 aromatic heterocycles. The Bertz CT molecular complexity index is 809. The van der Waals surface area contributed by atoms with E-state index in [1.807, 2.05) is 24.3 Å². The van der Waals surface area contributed by atoms with Crippen LogP contribution < -0.4 is 24.3 Å². The van der Waals surface area contributed by atoms with Gasteiger partial charge < -0.3 is 34.5 Å². The van der Waals surface area contributed by atoms with Gasteiger partial charge in [0.15, 0.2) is 11.5 Å². The van der Waals surface area contributed by atoms with Gasteiger partial charge in [-0.25, -0.2) is 9.59 Å². The van der Waals surface area contributed by atoms with Crippen molar-refractivity contribution in [3.05, 3.63) is 47.5 Å². The van der Waals surface area contributed by atoms with Crippen LogP contribution >= 0.6 is 0 Å². The first-order valence-electron chi connectivity index (χ1n) is 8.95. The lowest BCUT2D eigenvalue weighted by atomic mass is 10.1. The van der Waals surface area contributed by atoms with Crippen LogP contribution in [0.25, 0.3) is 0 Å². The number of nitrogens with one attached hydrogen (secondary N) is 1. The van der Waals surface area contributed by atoms with Gasteiger partial charge in [0.05, 0.1) is 28.4 Å². The van der Waals surface area contributed by atoms with E-state index < -0.39 is 11.9 Å². The summed E-state index contributed by atoms with van der Waals surface area (Å²) in [5.41, 5.74) is 2.30. The van der Waals surface area contributed by atoms with Gasteiger partial charge in [-0.2, -0.15) is 0 Å². The third-order valence-corrected chi connectivity index (χ3v) is 4.03. The quantitative estimate of drug-likeness (QED) is 0.413. The number of hydrogen-bond acceptors (Lipinski definition) is 7. The van der Waals surface area contributed by atoms with E-state index in [0.29, 0.717) is 18.0 Å². The molecule has 9 heteroatoms. The van der Waals surface area contributed by atoms with Crippen LogP contribution in [0.3, 0.4) is 0 Å². The van der Waals surface area contributed by atoms with Crippen LogP contribution in [-0.4, -0.2) is 57.1 Å². The number of aliphatic carboxylic acids is 2. The Labute approximate surface area is 175 Å². The van der Waals surface area contributed by atoms with Crippen molar-refractivity contribution in [3.8, 4) is 23.0 Å². The molecule has 0 saturated heterocycles. The highest BCUT2D eigenvalue weighted by Crippen LogP contribution is 2.34. The predicted octanol–water partition coefficient (Wildman–Crippen LogP) is 2.21. The summed E-state index contributed by atoms with van der Waals surface area (Å²) >= 11 is 0. The minimum Gasteiger partial charge on any atom is -0.497 e. The first-order chi connectivity index (χ1) is 14.4. The molecule has 0 bridgehead atoms. The van der Waals surface area contributed by atoms with Crippen LogP contribution in [-0.2, 0) is 22.6 Å². The van der Waals surface area contributed by atoms with E-state index in [0.717, 1.165) is 30.0 Å². The van der Waals surface area contributed by atoms with Gasteiger partial charge in [0.1, 0.15) is 11.5 Å². The van der Waals surface area contributed by atoms with Gasteiger partial charge in [-0.1, -0.05) is 12.1 Å². The van der Waals surface area contributed by atoms with E-state index in [1.165, 1.54) is 5.56 Å². The highest BCUT2D eigenvalue weighted by atomic mass is 16.5. The molecule has 2 rings (SSSR count). The number of carboxylic acid groups (broad SMARTS) is 2. The van der Waals surface area contributed by atoms with Gasteiger partial charge in [-0.3, -0.25) is 0 Å². The summed E-state index contributed by atoms with van der Waals surface area (Å²) in [6.45, 7) is 1.56. The largest absolute Gasteiger partial charge is 0.497 e. The molecular weight excluding hydrogens is 394 g/mol. The molecule has 0 saturated carbocycles. The van der Waals surface area contributed by atoms with Gasteiger partial charge in [-0.05, 0) is 36.7 Å². The second-order valence-corrected chi connectivity index (χ2v) is 5.90. The average Bonchev–Trinajstić information content (AvgIpc) is 2.76. The van der Waals surface area contributed by atoms with Crippen LogP contribution in [0, 0.1) is 0 Å². The molecule has 9 nitrogen and oxygen atoms in total. The summed E-state index contributed by atoms with van der Waals surface area (Å²) < 4.78 is 21.3. The van der Waals surface area contributed by atoms with E-state index in [9.17, 15) is 0 Å². The molecule has 0 radical (unpaired) electrons. The topological polar surface area (TPSA) is 124 Å². The lowest BCUT2D eigenvalue weighted by molar-refractivity contribution is -0.159. The van der Waals surface area contributed by atoms with E-state index in [4.69, 9.17) is 38.7 Å². The zero-order valence-corrected chi connectivity index (χ0v) is 17.4. The summed E-state index contributed by atoms with van der Waals surface area (Å²) in [4.78, 5) is 18.2. The molecule has 0 unspecified atom stereocenters. The fraction of sp³-hybridized carbons (Fsp3) is 0.333. The second kappa shape index (κ2) is 12.9. The summed E-state index contributed by atoms with van der Waals surface area (Å²) in [6.07, 6.45) is 0.944. The maximum atomic E-state index is 9.10. The molecule has 0 aliphatic rings. The first kappa shape index (κ1) is 24.6. The molecule has 164 valence electrons. The fourth-order valence-electron chi connectivity index (χ4n) is 2.48. The standard InChI is InChI=1S/C19H25NO4.C2H2O4/c1-21-16-7-5-14(6-8-16)9-10-20-13-15-11-18(23-3)19(24-4)12-17(15)22-2;3-1(4)2(5)6/h5-8,11-12,20H,9-10,13H2,1-4H3;(H,3,4)(H,5,6). The average molecular weight is 421 g/mol. The summed E-state index contributed by atoms with van der Waals surface area (Å²) in [5, 5.41) is 18.2. The molecule has 0 aliphatic heterocycles.